The lowest BCUT2D eigenvalue weighted by molar-refractivity contribution is -0.161. The van der Waals surface area contributed by atoms with Crippen molar-refractivity contribution in [3.8, 4) is 0 Å². The summed E-state index contributed by atoms with van der Waals surface area (Å²) in [5.41, 5.74) is 0. The average Bonchev–Trinajstić information content (AvgIpc) is 3.02. The summed E-state index contributed by atoms with van der Waals surface area (Å²) in [6, 6.07) is 20.8. The van der Waals surface area contributed by atoms with Crippen LogP contribution in [0.2, 0.25) is 5.04 Å². The molecule has 3 rings (SSSR count). The molecule has 44 heavy (non-hydrogen) atoms. The van der Waals surface area contributed by atoms with Crippen molar-refractivity contribution in [1.29, 1.82) is 0 Å². The second-order valence-electron chi connectivity index (χ2n) is 12.5. The first-order valence-corrected chi connectivity index (χ1v) is 17.9. The minimum atomic E-state index is -2.69. The van der Waals surface area contributed by atoms with Crippen LogP contribution in [0.25, 0.3) is 0 Å². The molecule has 0 N–H and O–H groups in total. The fourth-order valence-electron chi connectivity index (χ4n) is 6.42. The van der Waals surface area contributed by atoms with Gasteiger partial charge >= 0.3 is 5.97 Å². The Balaban J connectivity index is 1.77. The normalized spacial score (nSPS) is 18.2. The molecule has 1 heterocycles. The summed E-state index contributed by atoms with van der Waals surface area (Å²) in [5.74, 6) is -0.298. The van der Waals surface area contributed by atoms with E-state index in [1.807, 2.05) is 17.0 Å². The van der Waals surface area contributed by atoms with Crippen molar-refractivity contribution in [1.82, 2.24) is 4.90 Å². The van der Waals surface area contributed by atoms with Crippen LogP contribution in [0.5, 0.6) is 0 Å². The zero-order valence-corrected chi connectivity index (χ0v) is 28.6. The number of carbonyl (C=O) groups is 2. The Bertz CT molecular complexity index is 1090. The second kappa shape index (κ2) is 17.8. The van der Waals surface area contributed by atoms with E-state index in [1.165, 1.54) is 17.3 Å². The smallest absolute Gasteiger partial charge is 0.302 e. The Morgan fingerprint density at radius 1 is 0.955 bits per heavy atom. The first-order chi connectivity index (χ1) is 21.2. The van der Waals surface area contributed by atoms with Gasteiger partial charge in [0.1, 0.15) is 13.4 Å². The molecule has 0 spiro atoms. The van der Waals surface area contributed by atoms with Crippen LogP contribution >= 0.6 is 0 Å². The number of benzene rings is 2. The van der Waals surface area contributed by atoms with Crippen LogP contribution in [0, 0.1) is 0 Å². The van der Waals surface area contributed by atoms with Gasteiger partial charge in [-0.15, -0.1) is 0 Å². The van der Waals surface area contributed by atoms with Crippen LogP contribution in [0.4, 0.5) is 0 Å². The van der Waals surface area contributed by atoms with Gasteiger partial charge in [-0.1, -0.05) is 88.4 Å². The zero-order chi connectivity index (χ0) is 32.0. The lowest BCUT2D eigenvalue weighted by atomic mass is 9.90. The summed E-state index contributed by atoms with van der Waals surface area (Å²) in [6.45, 7) is 12.0. The van der Waals surface area contributed by atoms with Gasteiger partial charge in [-0.2, -0.15) is 0 Å². The molecule has 1 saturated heterocycles. The topological polar surface area (TPSA) is 83.5 Å². The maximum Gasteiger partial charge on any atom is 0.302 e. The van der Waals surface area contributed by atoms with E-state index in [1.54, 1.807) is 7.11 Å². The van der Waals surface area contributed by atoms with Crippen molar-refractivity contribution in [2.45, 2.75) is 96.4 Å². The fraction of sp³-hybridized carbons (Fsp3) is 0.600. The Morgan fingerprint density at radius 3 is 2.14 bits per heavy atom. The van der Waals surface area contributed by atoms with Gasteiger partial charge in [0.05, 0.1) is 31.4 Å². The van der Waals surface area contributed by atoms with Crippen LogP contribution in [0.3, 0.4) is 0 Å². The van der Waals surface area contributed by atoms with E-state index in [0.717, 1.165) is 25.7 Å². The summed E-state index contributed by atoms with van der Waals surface area (Å²) in [7, 11) is -1.05. The quantitative estimate of drug-likeness (QED) is 0.105. The van der Waals surface area contributed by atoms with Gasteiger partial charge in [0.15, 0.2) is 0 Å². The minimum Gasteiger partial charge on any atom is -0.464 e. The molecule has 244 valence electrons. The third-order valence-corrected chi connectivity index (χ3v) is 13.5. The summed E-state index contributed by atoms with van der Waals surface area (Å²) in [4.78, 5) is 27.6. The number of rotatable bonds is 17. The Hall–Kier alpha value is -2.56. The number of ether oxygens (including phenoxy) is 4. The molecule has 9 heteroatoms. The molecule has 2 aromatic carbocycles. The van der Waals surface area contributed by atoms with Crippen molar-refractivity contribution in [2.75, 3.05) is 40.3 Å². The van der Waals surface area contributed by atoms with E-state index in [0.29, 0.717) is 32.7 Å². The van der Waals surface area contributed by atoms with E-state index >= 15 is 0 Å². The molecule has 0 saturated carbocycles. The molecular formula is C35H53NO7Si. The molecule has 2 aromatic rings. The van der Waals surface area contributed by atoms with Gasteiger partial charge in [0.2, 0.25) is 5.91 Å². The standard InChI is InChI=1S/C35H53NO7Si/c1-7-33(42-27-40-25-24-39-6)32-21-14-16-29(26-41-28(2)37)36(32)34(38)22-15-23-43-44(35(3,4)5,30-17-10-8-11-18-30)31-19-12-9-13-20-31/h8-13,17-20,29,32-33H,7,14-16,21-27H2,1-6H3/t29-,32+,33+/m0/s1. The van der Waals surface area contributed by atoms with Gasteiger partial charge in [-0.05, 0) is 47.5 Å². The highest BCUT2D eigenvalue weighted by Crippen LogP contribution is 2.37. The molecule has 1 fully saturated rings. The maximum atomic E-state index is 14.0. The molecule has 0 aliphatic carbocycles. The zero-order valence-electron chi connectivity index (χ0n) is 27.6. The number of methoxy groups -OCH3 is 1. The van der Waals surface area contributed by atoms with Gasteiger partial charge < -0.3 is 28.3 Å². The molecular weight excluding hydrogens is 574 g/mol. The molecule has 8 nitrogen and oxygen atoms in total. The third-order valence-electron chi connectivity index (χ3n) is 8.45. The number of piperidine rings is 1. The van der Waals surface area contributed by atoms with E-state index < -0.39 is 8.32 Å². The SMILES string of the molecule is CC[C@@H](OCOCCOC)[C@H]1CCC[C@@H](COC(C)=O)N1C(=O)CCCO[Si](c1ccccc1)(c1ccccc1)C(C)(C)C. The van der Waals surface area contributed by atoms with Gasteiger partial charge in [0, 0.05) is 27.1 Å². The molecule has 3 atom stereocenters. The van der Waals surface area contributed by atoms with Crippen molar-refractivity contribution in [3.05, 3.63) is 60.7 Å². The molecule has 1 amide bonds. The summed E-state index contributed by atoms with van der Waals surface area (Å²) < 4.78 is 29.2. The molecule has 1 aliphatic rings. The lowest BCUT2D eigenvalue weighted by Crippen LogP contribution is -2.66. The molecule has 0 radical (unpaired) electrons. The molecule has 1 aliphatic heterocycles. The number of nitrogens with zero attached hydrogens (tertiary/aromatic N) is 1. The average molecular weight is 628 g/mol. The summed E-state index contributed by atoms with van der Waals surface area (Å²) >= 11 is 0. The Morgan fingerprint density at radius 2 is 1.59 bits per heavy atom. The van der Waals surface area contributed by atoms with Gasteiger partial charge in [-0.25, -0.2) is 0 Å². The van der Waals surface area contributed by atoms with E-state index in [-0.39, 0.29) is 48.5 Å². The number of esters is 1. The number of hydrogen-bond donors (Lipinski definition) is 0. The highest BCUT2D eigenvalue weighted by Gasteiger charge is 2.50. The van der Waals surface area contributed by atoms with Crippen LogP contribution in [0.15, 0.2) is 60.7 Å². The van der Waals surface area contributed by atoms with Gasteiger partial charge in [-0.3, -0.25) is 9.59 Å². The van der Waals surface area contributed by atoms with E-state index in [9.17, 15) is 9.59 Å². The predicted octanol–water partition coefficient (Wildman–Crippen LogP) is 5.07. The number of amides is 1. The summed E-state index contributed by atoms with van der Waals surface area (Å²) in [5, 5.41) is 2.31. The van der Waals surface area contributed by atoms with Crippen molar-refractivity contribution < 1.29 is 33.0 Å². The monoisotopic (exact) mass is 627 g/mol. The van der Waals surface area contributed by atoms with Crippen molar-refractivity contribution in [2.24, 2.45) is 0 Å². The fourth-order valence-corrected chi connectivity index (χ4v) is 11.0. The lowest BCUT2D eigenvalue weighted by Gasteiger charge is -2.45. The Labute approximate surface area is 265 Å². The van der Waals surface area contributed by atoms with Crippen molar-refractivity contribution in [3.63, 3.8) is 0 Å². The molecule has 0 unspecified atom stereocenters. The first kappa shape index (κ1) is 35.9. The van der Waals surface area contributed by atoms with Crippen LogP contribution < -0.4 is 10.4 Å². The van der Waals surface area contributed by atoms with Crippen LogP contribution in [0.1, 0.15) is 73.1 Å². The maximum absolute atomic E-state index is 14.0. The number of hydrogen-bond acceptors (Lipinski definition) is 7. The summed E-state index contributed by atoms with van der Waals surface area (Å²) in [6.07, 6.45) is 4.03. The van der Waals surface area contributed by atoms with Crippen LogP contribution in [-0.4, -0.2) is 83.6 Å². The van der Waals surface area contributed by atoms with Gasteiger partial charge in [0.25, 0.3) is 8.32 Å². The molecule has 0 aromatic heterocycles. The first-order valence-electron chi connectivity index (χ1n) is 16.0. The second-order valence-corrected chi connectivity index (χ2v) is 16.8. The number of carbonyl (C=O) groups excluding carboxylic acids is 2. The highest BCUT2D eigenvalue weighted by molar-refractivity contribution is 6.99. The van der Waals surface area contributed by atoms with Crippen LogP contribution in [-0.2, 0) is 33.0 Å². The Kier molecular flexibility index (Phi) is 14.5. The minimum absolute atomic E-state index is 0.0419. The van der Waals surface area contributed by atoms with E-state index in [2.05, 4.69) is 76.2 Å². The highest BCUT2D eigenvalue weighted by atomic mass is 28.4. The predicted molar refractivity (Wildman–Crippen MR) is 176 cm³/mol. The molecule has 0 bridgehead atoms. The van der Waals surface area contributed by atoms with E-state index in [4.69, 9.17) is 23.4 Å². The third kappa shape index (κ3) is 9.47. The largest absolute Gasteiger partial charge is 0.464 e. The number of likely N-dealkylation sites (tertiary alicyclic amines) is 1. The van der Waals surface area contributed by atoms with Crippen molar-refractivity contribution >= 4 is 30.6 Å².